The van der Waals surface area contributed by atoms with Gasteiger partial charge in [0.05, 0.1) is 4.90 Å². The number of unbranched alkanes of at least 4 members (excludes halogenated alkanes) is 6. The third kappa shape index (κ3) is 8.34. The number of urea groups is 1. The predicted molar refractivity (Wildman–Crippen MR) is 117 cm³/mol. The molecular weight excluding hydrogens is 412 g/mol. The van der Waals surface area contributed by atoms with Gasteiger partial charge < -0.3 is 5.32 Å². The Kier molecular flexibility index (Phi) is 11.3. The van der Waals surface area contributed by atoms with E-state index in [9.17, 15) is 18.0 Å². The number of halogens is 1. The van der Waals surface area contributed by atoms with Crippen LogP contribution in [0.5, 0.6) is 0 Å². The van der Waals surface area contributed by atoms with Crippen LogP contribution in [0.3, 0.4) is 0 Å². The number of carbonyl (C=O) groups excluding carboxylic acids is 2. The normalized spacial score (nSPS) is 11.3. The zero-order valence-electron chi connectivity index (χ0n) is 17.6. The number of hydrogen-bond acceptors (Lipinski definition) is 4. The summed E-state index contributed by atoms with van der Waals surface area (Å²) in [5.74, 6) is -0.270. The molecular formula is C21H33ClN2O4S. The highest BCUT2D eigenvalue weighted by Gasteiger charge is 2.26. The van der Waals surface area contributed by atoms with Gasteiger partial charge in [0.25, 0.3) is 10.0 Å². The molecule has 1 rings (SSSR count). The van der Waals surface area contributed by atoms with Crippen molar-refractivity contribution in [3.05, 3.63) is 28.3 Å². The first-order chi connectivity index (χ1) is 13.7. The van der Waals surface area contributed by atoms with Crippen molar-refractivity contribution in [2.24, 2.45) is 0 Å². The number of ketones is 1. The number of carbonyl (C=O) groups is 2. The Hall–Kier alpha value is -1.60. The molecule has 0 fully saturated rings. The van der Waals surface area contributed by atoms with Crippen LogP contribution in [0.15, 0.2) is 17.0 Å². The van der Waals surface area contributed by atoms with Crippen LogP contribution in [-0.4, -0.2) is 26.8 Å². The molecule has 0 radical (unpaired) electrons. The van der Waals surface area contributed by atoms with Crippen LogP contribution in [0.25, 0.3) is 0 Å². The van der Waals surface area contributed by atoms with Gasteiger partial charge in [-0.1, -0.05) is 64.0 Å². The van der Waals surface area contributed by atoms with Crippen molar-refractivity contribution in [3.63, 3.8) is 0 Å². The van der Waals surface area contributed by atoms with Gasteiger partial charge in [-0.25, -0.2) is 17.9 Å². The van der Waals surface area contributed by atoms with E-state index in [4.69, 9.17) is 11.6 Å². The van der Waals surface area contributed by atoms with Gasteiger partial charge in [-0.05, 0) is 37.5 Å². The molecule has 0 heterocycles. The second-order valence-electron chi connectivity index (χ2n) is 7.20. The van der Waals surface area contributed by atoms with E-state index in [1.54, 1.807) is 6.92 Å². The van der Waals surface area contributed by atoms with Crippen LogP contribution >= 0.6 is 11.6 Å². The van der Waals surface area contributed by atoms with E-state index in [2.05, 4.69) is 12.2 Å². The van der Waals surface area contributed by atoms with Gasteiger partial charge >= 0.3 is 6.03 Å². The molecule has 2 N–H and O–H groups in total. The lowest BCUT2D eigenvalue weighted by atomic mass is 9.99. The maximum absolute atomic E-state index is 12.8. The summed E-state index contributed by atoms with van der Waals surface area (Å²) >= 11 is 6.14. The van der Waals surface area contributed by atoms with Gasteiger partial charge in [-0.15, -0.1) is 0 Å². The van der Waals surface area contributed by atoms with Crippen LogP contribution in [0.2, 0.25) is 5.02 Å². The number of amides is 2. The van der Waals surface area contributed by atoms with Crippen LogP contribution in [0.4, 0.5) is 4.79 Å². The minimum absolute atomic E-state index is 0.0688. The summed E-state index contributed by atoms with van der Waals surface area (Å²) in [6.07, 6.45) is 8.37. The molecule has 0 aliphatic rings. The lowest BCUT2D eigenvalue weighted by Gasteiger charge is -2.14. The summed E-state index contributed by atoms with van der Waals surface area (Å²) in [6.45, 7) is 6.00. The van der Waals surface area contributed by atoms with Crippen molar-refractivity contribution in [1.82, 2.24) is 10.0 Å². The Balaban J connectivity index is 2.90. The standard InChI is InChI=1S/C21H33ClN2O4S/c1-4-6-7-8-9-10-11-12-18(25)20-16(3)17(22)13-14-19(20)29(27,28)24-21(26)23-15-5-2/h13-14H,4-12,15H2,1-3H3,(H2,23,24,26). The maximum atomic E-state index is 12.8. The largest absolute Gasteiger partial charge is 0.337 e. The molecule has 0 unspecified atom stereocenters. The van der Waals surface area contributed by atoms with Crippen molar-refractivity contribution >= 4 is 33.4 Å². The average Bonchev–Trinajstić information content (AvgIpc) is 2.66. The van der Waals surface area contributed by atoms with Gasteiger partial charge in [0, 0.05) is 23.6 Å². The molecule has 0 saturated carbocycles. The van der Waals surface area contributed by atoms with E-state index >= 15 is 0 Å². The second kappa shape index (κ2) is 12.9. The first kappa shape index (κ1) is 25.4. The fraction of sp³-hybridized carbons (Fsp3) is 0.619. The Morgan fingerprint density at radius 1 is 0.966 bits per heavy atom. The van der Waals surface area contributed by atoms with Crippen molar-refractivity contribution in [2.45, 2.75) is 83.5 Å². The Morgan fingerprint density at radius 3 is 2.21 bits per heavy atom. The molecule has 164 valence electrons. The molecule has 6 nitrogen and oxygen atoms in total. The highest BCUT2D eigenvalue weighted by molar-refractivity contribution is 7.90. The number of nitrogens with one attached hydrogen (secondary N) is 2. The number of hydrogen-bond donors (Lipinski definition) is 2. The van der Waals surface area contributed by atoms with Crippen LogP contribution in [0.1, 0.15) is 87.6 Å². The molecule has 0 aliphatic heterocycles. The van der Waals surface area contributed by atoms with Gasteiger partial charge in [-0.3, -0.25) is 4.79 Å². The minimum Gasteiger partial charge on any atom is -0.337 e. The van der Waals surface area contributed by atoms with Crippen molar-refractivity contribution in [2.75, 3.05) is 6.54 Å². The summed E-state index contributed by atoms with van der Waals surface area (Å²) in [7, 11) is -4.19. The van der Waals surface area contributed by atoms with Crippen LogP contribution in [-0.2, 0) is 10.0 Å². The van der Waals surface area contributed by atoms with Crippen LogP contribution < -0.4 is 10.0 Å². The van der Waals surface area contributed by atoms with Crippen molar-refractivity contribution < 1.29 is 18.0 Å². The Labute approximate surface area is 179 Å². The third-order valence-electron chi connectivity index (χ3n) is 4.70. The summed E-state index contributed by atoms with van der Waals surface area (Å²) in [4.78, 5) is 24.4. The van der Waals surface area contributed by atoms with Crippen molar-refractivity contribution in [3.8, 4) is 0 Å². The molecule has 1 aromatic carbocycles. The molecule has 0 aliphatic carbocycles. The summed E-state index contributed by atoms with van der Waals surface area (Å²) in [5, 5.41) is 2.78. The van der Waals surface area contributed by atoms with E-state index in [1.807, 2.05) is 11.6 Å². The molecule has 0 bridgehead atoms. The molecule has 0 aromatic heterocycles. The molecule has 2 amide bonds. The van der Waals surface area contributed by atoms with Gasteiger partial charge in [0.15, 0.2) is 5.78 Å². The summed E-state index contributed by atoms with van der Waals surface area (Å²) < 4.78 is 27.4. The number of benzene rings is 1. The lowest BCUT2D eigenvalue weighted by Crippen LogP contribution is -2.40. The fourth-order valence-electron chi connectivity index (χ4n) is 3.05. The zero-order chi connectivity index (χ0) is 21.9. The molecule has 0 saturated heterocycles. The van der Waals surface area contributed by atoms with E-state index in [-0.39, 0.29) is 22.7 Å². The van der Waals surface area contributed by atoms with Crippen LogP contribution in [0, 0.1) is 6.92 Å². The van der Waals surface area contributed by atoms with E-state index in [0.717, 1.165) is 19.3 Å². The van der Waals surface area contributed by atoms with Crippen molar-refractivity contribution in [1.29, 1.82) is 0 Å². The van der Waals surface area contributed by atoms with E-state index in [1.165, 1.54) is 31.4 Å². The fourth-order valence-corrected chi connectivity index (χ4v) is 4.42. The molecule has 0 atom stereocenters. The highest BCUT2D eigenvalue weighted by atomic mass is 35.5. The summed E-state index contributed by atoms with van der Waals surface area (Å²) in [6, 6.07) is 1.90. The molecule has 8 heteroatoms. The summed E-state index contributed by atoms with van der Waals surface area (Å²) in [5.41, 5.74) is 0.482. The number of Topliss-reactive ketones (excluding diaryl/α,β-unsaturated/α-hetero) is 1. The van der Waals surface area contributed by atoms with E-state index in [0.29, 0.717) is 30.0 Å². The molecule has 29 heavy (non-hydrogen) atoms. The second-order valence-corrected chi connectivity index (χ2v) is 9.26. The zero-order valence-corrected chi connectivity index (χ0v) is 19.2. The molecule has 0 spiro atoms. The number of rotatable bonds is 13. The monoisotopic (exact) mass is 444 g/mol. The topological polar surface area (TPSA) is 92.3 Å². The first-order valence-electron chi connectivity index (χ1n) is 10.4. The Morgan fingerprint density at radius 2 is 1.59 bits per heavy atom. The highest BCUT2D eigenvalue weighted by Crippen LogP contribution is 2.28. The smallest absolute Gasteiger partial charge is 0.328 e. The van der Waals surface area contributed by atoms with E-state index < -0.39 is 16.1 Å². The Bertz CT molecular complexity index is 794. The SMILES string of the molecule is CCCCCCCCCC(=O)c1c(S(=O)(=O)NC(=O)NCCC)ccc(Cl)c1C. The average molecular weight is 445 g/mol. The minimum atomic E-state index is -4.19. The number of sulfonamides is 1. The predicted octanol–water partition coefficient (Wildman–Crippen LogP) is 5.37. The molecule has 1 aromatic rings. The third-order valence-corrected chi connectivity index (χ3v) is 6.48. The quantitative estimate of drug-likeness (QED) is 0.316. The van der Waals surface area contributed by atoms with Gasteiger partial charge in [-0.2, -0.15) is 0 Å². The first-order valence-corrected chi connectivity index (χ1v) is 12.2. The van der Waals surface area contributed by atoms with Gasteiger partial charge in [0.1, 0.15) is 0 Å². The maximum Gasteiger partial charge on any atom is 0.328 e. The van der Waals surface area contributed by atoms with Gasteiger partial charge in [0.2, 0.25) is 0 Å². The lowest BCUT2D eigenvalue weighted by molar-refractivity contribution is 0.0975.